The molecule has 9 heteroatoms. The van der Waals surface area contributed by atoms with Crippen molar-refractivity contribution in [3.05, 3.63) is 23.2 Å². The second-order valence-electron chi connectivity index (χ2n) is 8.87. The number of anilines is 1. The number of sulfonamides is 1. The van der Waals surface area contributed by atoms with Crippen molar-refractivity contribution >= 4 is 33.2 Å². The van der Waals surface area contributed by atoms with Crippen molar-refractivity contribution < 1.29 is 13.2 Å². The Morgan fingerprint density at radius 2 is 1.68 bits per heavy atom. The lowest BCUT2D eigenvalue weighted by atomic mass is 10.2. The summed E-state index contributed by atoms with van der Waals surface area (Å²) in [4.78, 5) is 17.7. The lowest BCUT2D eigenvalue weighted by molar-refractivity contribution is -0.116. The number of amides is 1. The van der Waals surface area contributed by atoms with Gasteiger partial charge in [-0.3, -0.25) is 9.69 Å². The van der Waals surface area contributed by atoms with E-state index in [1.807, 2.05) is 0 Å². The summed E-state index contributed by atoms with van der Waals surface area (Å²) < 4.78 is 27.1. The predicted molar refractivity (Wildman–Crippen MR) is 123 cm³/mol. The molecule has 31 heavy (non-hydrogen) atoms. The van der Waals surface area contributed by atoms with Crippen molar-refractivity contribution in [2.75, 3.05) is 51.1 Å². The van der Waals surface area contributed by atoms with Crippen LogP contribution in [0.25, 0.3) is 0 Å². The summed E-state index contributed by atoms with van der Waals surface area (Å²) in [6, 6.07) is 5.29. The van der Waals surface area contributed by atoms with Gasteiger partial charge in [0.2, 0.25) is 15.9 Å². The zero-order chi connectivity index (χ0) is 21.8. The normalized spacial score (nSPS) is 22.2. The molecule has 0 spiro atoms. The van der Waals surface area contributed by atoms with Crippen LogP contribution in [0.1, 0.15) is 44.9 Å². The van der Waals surface area contributed by atoms with Crippen molar-refractivity contribution in [2.45, 2.75) is 55.9 Å². The molecule has 0 unspecified atom stereocenters. The number of piperazine rings is 1. The minimum Gasteiger partial charge on any atom is -0.325 e. The Balaban J connectivity index is 1.28. The molecule has 3 fully saturated rings. The first-order chi connectivity index (χ1) is 14.9. The van der Waals surface area contributed by atoms with Gasteiger partial charge in [-0.25, -0.2) is 8.42 Å². The second kappa shape index (κ2) is 10.2. The minimum atomic E-state index is -3.55. The van der Waals surface area contributed by atoms with Gasteiger partial charge in [0.05, 0.1) is 15.6 Å². The molecule has 2 aliphatic heterocycles. The first-order valence-corrected chi connectivity index (χ1v) is 13.3. The van der Waals surface area contributed by atoms with Gasteiger partial charge in [-0.05, 0) is 43.9 Å². The Bertz CT molecular complexity index is 875. The molecule has 1 aliphatic carbocycles. The third-order valence-corrected chi connectivity index (χ3v) is 9.04. The highest BCUT2D eigenvalue weighted by Gasteiger charge is 2.28. The highest BCUT2D eigenvalue weighted by Crippen LogP contribution is 2.29. The number of nitrogens with zero attached hydrogens (tertiary/aromatic N) is 3. The van der Waals surface area contributed by atoms with Gasteiger partial charge in [0.15, 0.2) is 0 Å². The molecule has 1 amide bonds. The van der Waals surface area contributed by atoms with Gasteiger partial charge < -0.3 is 10.2 Å². The summed E-state index contributed by atoms with van der Waals surface area (Å²) in [6.07, 6.45) is 7.49. The molecule has 0 radical (unpaired) electrons. The van der Waals surface area contributed by atoms with E-state index < -0.39 is 10.0 Å². The van der Waals surface area contributed by atoms with E-state index >= 15 is 0 Å². The number of carbonyl (C=O) groups excluding carboxylic acids is 1. The largest absolute Gasteiger partial charge is 0.325 e. The van der Waals surface area contributed by atoms with Gasteiger partial charge >= 0.3 is 0 Å². The summed E-state index contributed by atoms with van der Waals surface area (Å²) in [5.41, 5.74) is 0.359. The number of hydrogen-bond donors (Lipinski definition) is 1. The molecule has 1 N–H and O–H groups in total. The number of hydrogen-bond acceptors (Lipinski definition) is 5. The maximum atomic E-state index is 12.8. The molecule has 4 rings (SSSR count). The molecule has 7 nitrogen and oxygen atoms in total. The highest BCUT2D eigenvalue weighted by molar-refractivity contribution is 7.89. The Morgan fingerprint density at radius 1 is 1.00 bits per heavy atom. The topological polar surface area (TPSA) is 73.0 Å². The van der Waals surface area contributed by atoms with Gasteiger partial charge in [-0.15, -0.1) is 0 Å². The van der Waals surface area contributed by atoms with E-state index in [0.717, 1.165) is 45.1 Å². The van der Waals surface area contributed by atoms with E-state index in [1.165, 1.54) is 42.1 Å². The molecular formula is C22H33ClN4O3S. The van der Waals surface area contributed by atoms with Crippen LogP contribution in [0.15, 0.2) is 23.1 Å². The van der Waals surface area contributed by atoms with Crippen LogP contribution in [0.4, 0.5) is 5.69 Å². The molecule has 0 atom stereocenters. The molecule has 0 aromatic heterocycles. The van der Waals surface area contributed by atoms with Crippen LogP contribution in [0.5, 0.6) is 0 Å². The lowest BCUT2D eigenvalue weighted by Gasteiger charge is -2.38. The fraction of sp³-hybridized carbons (Fsp3) is 0.682. The van der Waals surface area contributed by atoms with Gasteiger partial charge in [-0.2, -0.15) is 4.31 Å². The van der Waals surface area contributed by atoms with E-state index in [1.54, 1.807) is 6.07 Å². The van der Waals surface area contributed by atoms with Crippen LogP contribution in [-0.4, -0.2) is 80.3 Å². The van der Waals surface area contributed by atoms with Crippen molar-refractivity contribution in [3.63, 3.8) is 0 Å². The monoisotopic (exact) mass is 468 g/mol. The van der Waals surface area contributed by atoms with Crippen LogP contribution in [-0.2, 0) is 14.8 Å². The molecule has 0 bridgehead atoms. The zero-order valence-electron chi connectivity index (χ0n) is 18.1. The SMILES string of the molecule is O=C(CCN1CCN(C2CCCC2)CC1)Nc1cc(S(=O)(=O)N2CCCC2)ccc1Cl. The number of carbonyl (C=O) groups is 1. The third-order valence-electron chi connectivity index (χ3n) is 6.82. The van der Waals surface area contributed by atoms with Crippen molar-refractivity contribution in [1.29, 1.82) is 0 Å². The summed E-state index contributed by atoms with van der Waals surface area (Å²) in [5.74, 6) is -0.143. The second-order valence-corrected chi connectivity index (χ2v) is 11.2. The number of nitrogens with one attached hydrogen (secondary N) is 1. The van der Waals surface area contributed by atoms with Crippen molar-refractivity contribution in [1.82, 2.24) is 14.1 Å². The smallest absolute Gasteiger partial charge is 0.243 e. The standard InChI is InChI=1S/C22H33ClN4O3S/c23-20-8-7-19(31(29,30)27-10-3-4-11-27)17-21(20)24-22(28)9-12-25-13-15-26(16-14-25)18-5-1-2-6-18/h7-8,17-18H,1-6,9-16H2,(H,24,28). The minimum absolute atomic E-state index is 0.143. The van der Waals surface area contributed by atoms with Crippen LogP contribution in [0, 0.1) is 0 Å². The molecular weight excluding hydrogens is 436 g/mol. The van der Waals surface area contributed by atoms with Gasteiger partial charge in [0.1, 0.15) is 0 Å². The van der Waals surface area contributed by atoms with Gasteiger partial charge in [0.25, 0.3) is 0 Å². The van der Waals surface area contributed by atoms with E-state index in [2.05, 4.69) is 15.1 Å². The Labute approximate surface area is 190 Å². The number of halogens is 1. The molecule has 3 aliphatic rings. The van der Waals surface area contributed by atoms with E-state index in [-0.39, 0.29) is 10.8 Å². The van der Waals surface area contributed by atoms with Gasteiger partial charge in [0, 0.05) is 58.3 Å². The molecule has 1 aromatic carbocycles. The van der Waals surface area contributed by atoms with E-state index in [4.69, 9.17) is 11.6 Å². The summed E-state index contributed by atoms with van der Waals surface area (Å²) >= 11 is 6.24. The average Bonchev–Trinajstić information content (AvgIpc) is 3.49. The fourth-order valence-corrected chi connectivity index (χ4v) is 6.64. The van der Waals surface area contributed by atoms with Crippen LogP contribution in [0.3, 0.4) is 0 Å². The fourth-order valence-electron chi connectivity index (χ4n) is 4.93. The number of rotatable bonds is 7. The Morgan fingerprint density at radius 3 is 2.35 bits per heavy atom. The van der Waals surface area contributed by atoms with Crippen molar-refractivity contribution in [2.24, 2.45) is 0 Å². The summed E-state index contributed by atoms with van der Waals surface area (Å²) in [6.45, 7) is 5.93. The zero-order valence-corrected chi connectivity index (χ0v) is 19.6. The lowest BCUT2D eigenvalue weighted by Crippen LogP contribution is -2.50. The predicted octanol–water partition coefficient (Wildman–Crippen LogP) is 3.01. The first-order valence-electron chi connectivity index (χ1n) is 11.5. The first kappa shape index (κ1) is 23.0. The quantitative estimate of drug-likeness (QED) is 0.665. The van der Waals surface area contributed by atoms with Crippen molar-refractivity contribution in [3.8, 4) is 0 Å². The molecule has 172 valence electrons. The Kier molecular flexibility index (Phi) is 7.54. The third kappa shape index (κ3) is 5.60. The average molecular weight is 469 g/mol. The van der Waals surface area contributed by atoms with Gasteiger partial charge in [-0.1, -0.05) is 24.4 Å². The highest BCUT2D eigenvalue weighted by atomic mass is 35.5. The number of benzene rings is 1. The van der Waals surface area contributed by atoms with Crippen LogP contribution >= 0.6 is 11.6 Å². The Hall–Kier alpha value is -1.19. The van der Waals surface area contributed by atoms with E-state index in [9.17, 15) is 13.2 Å². The van der Waals surface area contributed by atoms with E-state index in [0.29, 0.717) is 36.8 Å². The maximum absolute atomic E-state index is 12.8. The van der Waals surface area contributed by atoms with Crippen LogP contribution in [0.2, 0.25) is 5.02 Å². The summed E-state index contributed by atoms with van der Waals surface area (Å²) in [7, 11) is -3.55. The molecule has 2 heterocycles. The van der Waals surface area contributed by atoms with Crippen LogP contribution < -0.4 is 5.32 Å². The molecule has 1 aromatic rings. The molecule has 2 saturated heterocycles. The maximum Gasteiger partial charge on any atom is 0.243 e. The summed E-state index contributed by atoms with van der Waals surface area (Å²) in [5, 5.41) is 3.16. The molecule has 1 saturated carbocycles.